The van der Waals surface area contributed by atoms with Crippen LogP contribution in [0.15, 0.2) is 59.4 Å². The van der Waals surface area contributed by atoms with Crippen LogP contribution in [0.4, 0.5) is 14.6 Å². The van der Waals surface area contributed by atoms with E-state index >= 15 is 0 Å². The maximum atomic E-state index is 14.2. The number of carbonyl (C=O) groups excluding carboxylic acids is 2. The highest BCUT2D eigenvalue weighted by Gasteiger charge is 2.29. The molecule has 1 aliphatic carbocycles. The number of aromatic nitrogens is 1. The third kappa shape index (κ3) is 6.65. The molecule has 0 aliphatic heterocycles. The van der Waals surface area contributed by atoms with Crippen LogP contribution >= 0.6 is 0 Å². The third-order valence-electron chi connectivity index (χ3n) is 7.26. The van der Waals surface area contributed by atoms with Gasteiger partial charge in [0.25, 0.3) is 5.56 Å². The fraction of sp³-hybridized carbons (Fsp3) is 0.387. The van der Waals surface area contributed by atoms with Gasteiger partial charge in [-0.1, -0.05) is 26.0 Å². The molecule has 0 amide bonds. The Bertz CT molecular complexity index is 1430. The van der Waals surface area contributed by atoms with E-state index in [2.05, 4.69) is 13.8 Å². The summed E-state index contributed by atoms with van der Waals surface area (Å²) < 4.78 is 34.5. The van der Waals surface area contributed by atoms with Gasteiger partial charge in [0.1, 0.15) is 29.6 Å². The first-order valence-corrected chi connectivity index (χ1v) is 13.6. The van der Waals surface area contributed by atoms with E-state index in [1.807, 2.05) is 24.1 Å². The van der Waals surface area contributed by atoms with E-state index in [4.69, 9.17) is 10.5 Å². The first-order valence-electron chi connectivity index (χ1n) is 13.6. The van der Waals surface area contributed by atoms with Gasteiger partial charge in [-0.15, -0.1) is 0 Å². The fourth-order valence-corrected chi connectivity index (χ4v) is 5.13. The van der Waals surface area contributed by atoms with E-state index in [0.717, 1.165) is 43.4 Å². The Labute approximate surface area is 232 Å². The summed E-state index contributed by atoms with van der Waals surface area (Å²) in [5, 5.41) is 0. The van der Waals surface area contributed by atoms with E-state index in [9.17, 15) is 23.2 Å². The molecule has 1 fully saturated rings. The van der Waals surface area contributed by atoms with Crippen LogP contribution in [-0.2, 0) is 16.1 Å². The number of hydrogen-bond donors (Lipinski definition) is 1. The number of ether oxygens (including phenoxy) is 1. The Kier molecular flexibility index (Phi) is 9.14. The summed E-state index contributed by atoms with van der Waals surface area (Å²) in [6.07, 6.45) is 4.67. The maximum absolute atomic E-state index is 14.2. The summed E-state index contributed by atoms with van der Waals surface area (Å²) >= 11 is 0. The second kappa shape index (κ2) is 12.6. The average Bonchev–Trinajstić information content (AvgIpc) is 3.41. The van der Waals surface area contributed by atoms with Crippen LogP contribution in [0.1, 0.15) is 67.4 Å². The number of ketones is 1. The van der Waals surface area contributed by atoms with Gasteiger partial charge < -0.3 is 10.5 Å². The van der Waals surface area contributed by atoms with Gasteiger partial charge in [0.15, 0.2) is 5.78 Å². The molecule has 3 aromatic rings. The van der Waals surface area contributed by atoms with Crippen molar-refractivity contribution in [3.05, 3.63) is 93.3 Å². The van der Waals surface area contributed by atoms with Crippen molar-refractivity contribution in [2.75, 3.05) is 12.8 Å². The quantitative estimate of drug-likeness (QED) is 0.273. The molecule has 1 aliphatic rings. The van der Waals surface area contributed by atoms with Gasteiger partial charge in [0, 0.05) is 18.7 Å². The first-order chi connectivity index (χ1) is 19.0. The Morgan fingerprint density at radius 2 is 1.68 bits per heavy atom. The van der Waals surface area contributed by atoms with Gasteiger partial charge in [-0.2, -0.15) is 0 Å². The van der Waals surface area contributed by atoms with Crippen molar-refractivity contribution in [2.24, 2.45) is 5.92 Å². The molecular weight excluding hydrogens is 516 g/mol. The van der Waals surface area contributed by atoms with Crippen molar-refractivity contribution in [1.29, 1.82) is 0 Å². The van der Waals surface area contributed by atoms with E-state index in [1.54, 1.807) is 12.1 Å². The largest absolute Gasteiger partial charge is 0.461 e. The molecule has 0 saturated heterocycles. The molecule has 0 bridgehead atoms. The molecule has 0 radical (unpaired) electrons. The lowest BCUT2D eigenvalue weighted by molar-refractivity contribution is -0.155. The van der Waals surface area contributed by atoms with Gasteiger partial charge in [0.2, 0.25) is 0 Å². The lowest BCUT2D eigenvalue weighted by Crippen LogP contribution is -2.41. The van der Waals surface area contributed by atoms with Crippen LogP contribution in [0.3, 0.4) is 0 Å². The number of benzene rings is 2. The SMILES string of the molecule is CC(C)C[C@@H](C(=O)OC1CCCC1)N(C)Cc1ccc(-n2c(N)c(C(=O)c3ccc(F)cc3F)ccc2=O)cc1. The first kappa shape index (κ1) is 29.1. The number of nitrogen functional groups attached to an aromatic ring is 1. The molecule has 4 rings (SSSR count). The Morgan fingerprint density at radius 1 is 1.02 bits per heavy atom. The molecular formula is C31H35F2N3O4. The zero-order valence-electron chi connectivity index (χ0n) is 23.0. The summed E-state index contributed by atoms with van der Waals surface area (Å²) in [5.74, 6) is -2.63. The van der Waals surface area contributed by atoms with Gasteiger partial charge in [0.05, 0.1) is 16.8 Å². The van der Waals surface area contributed by atoms with Crippen molar-refractivity contribution in [3.8, 4) is 5.69 Å². The smallest absolute Gasteiger partial charge is 0.323 e. The summed E-state index contributed by atoms with van der Waals surface area (Å²) in [6, 6.07) is 11.7. The highest BCUT2D eigenvalue weighted by molar-refractivity contribution is 6.11. The Balaban J connectivity index is 1.54. The Morgan fingerprint density at radius 3 is 2.30 bits per heavy atom. The number of carbonyl (C=O) groups is 2. The number of likely N-dealkylation sites (N-methyl/N-ethyl adjacent to an activating group) is 1. The van der Waals surface area contributed by atoms with E-state index < -0.39 is 23.0 Å². The van der Waals surface area contributed by atoms with Crippen molar-refractivity contribution in [3.63, 3.8) is 0 Å². The minimum absolute atomic E-state index is 0.000751. The van der Waals surface area contributed by atoms with Gasteiger partial charge >= 0.3 is 5.97 Å². The highest BCUT2D eigenvalue weighted by atomic mass is 19.1. The second-order valence-corrected chi connectivity index (χ2v) is 10.8. The van der Waals surface area contributed by atoms with Gasteiger partial charge in [-0.3, -0.25) is 23.9 Å². The minimum Gasteiger partial charge on any atom is -0.461 e. The summed E-state index contributed by atoms with van der Waals surface area (Å²) in [5.41, 5.74) is 6.66. The van der Waals surface area contributed by atoms with Gasteiger partial charge in [-0.05, 0) is 81.0 Å². The Hall–Kier alpha value is -3.85. The molecule has 9 heteroatoms. The molecule has 0 unspecified atom stereocenters. The molecule has 7 nitrogen and oxygen atoms in total. The van der Waals surface area contributed by atoms with Crippen LogP contribution in [0.2, 0.25) is 0 Å². The molecule has 212 valence electrons. The number of nitrogens with two attached hydrogens (primary N) is 1. The monoisotopic (exact) mass is 551 g/mol. The van der Waals surface area contributed by atoms with Crippen molar-refractivity contribution < 1.29 is 23.1 Å². The lowest BCUT2D eigenvalue weighted by Gasteiger charge is -2.29. The number of hydrogen-bond acceptors (Lipinski definition) is 6. The van der Waals surface area contributed by atoms with Gasteiger partial charge in [-0.25, -0.2) is 8.78 Å². The molecule has 1 heterocycles. The van der Waals surface area contributed by atoms with Crippen LogP contribution in [0, 0.1) is 17.6 Å². The van der Waals surface area contributed by atoms with Crippen LogP contribution in [0.5, 0.6) is 0 Å². The number of esters is 1. The fourth-order valence-electron chi connectivity index (χ4n) is 5.13. The van der Waals surface area contributed by atoms with Crippen molar-refractivity contribution in [2.45, 2.75) is 64.6 Å². The number of rotatable bonds is 10. The highest BCUT2D eigenvalue weighted by Crippen LogP contribution is 2.24. The predicted molar refractivity (Wildman–Crippen MR) is 149 cm³/mol. The zero-order chi connectivity index (χ0) is 29.0. The van der Waals surface area contributed by atoms with Crippen LogP contribution in [0.25, 0.3) is 5.69 Å². The molecule has 2 aromatic carbocycles. The minimum atomic E-state index is -1.02. The summed E-state index contributed by atoms with van der Waals surface area (Å²) in [4.78, 5) is 40.7. The molecule has 2 N–H and O–H groups in total. The van der Waals surface area contributed by atoms with Crippen LogP contribution in [-0.4, -0.2) is 40.4 Å². The molecule has 40 heavy (non-hydrogen) atoms. The molecule has 0 spiro atoms. The molecule has 1 aromatic heterocycles. The normalized spacial score (nSPS) is 14.6. The number of nitrogens with zero attached hydrogens (tertiary/aromatic N) is 2. The van der Waals surface area contributed by atoms with Crippen LogP contribution < -0.4 is 11.3 Å². The number of pyridine rings is 1. The van der Waals surface area contributed by atoms with E-state index in [1.165, 1.54) is 16.7 Å². The molecule has 1 atom stereocenters. The second-order valence-electron chi connectivity index (χ2n) is 10.8. The predicted octanol–water partition coefficient (Wildman–Crippen LogP) is 5.26. The topological polar surface area (TPSA) is 94.6 Å². The summed E-state index contributed by atoms with van der Waals surface area (Å²) in [6.45, 7) is 4.62. The van der Waals surface area contributed by atoms with E-state index in [-0.39, 0.29) is 35.1 Å². The molecule has 1 saturated carbocycles. The zero-order valence-corrected chi connectivity index (χ0v) is 23.0. The third-order valence-corrected chi connectivity index (χ3v) is 7.26. The number of halogens is 2. The average molecular weight is 552 g/mol. The lowest BCUT2D eigenvalue weighted by atomic mass is 10.0. The standard InChI is InChI=1S/C31H35F2N3O4/c1-19(2)16-27(31(39)40-23-6-4-5-7-23)35(3)18-20-8-11-22(12-9-20)36-28(37)15-14-25(30(36)34)29(38)24-13-10-21(32)17-26(24)33/h8-15,17,19,23,27H,4-7,16,18,34H2,1-3H3/t27-/m0/s1. The van der Waals surface area contributed by atoms with E-state index in [0.29, 0.717) is 30.6 Å². The van der Waals surface area contributed by atoms with Crippen molar-refractivity contribution >= 4 is 17.6 Å². The maximum Gasteiger partial charge on any atom is 0.323 e. The number of anilines is 1. The van der Waals surface area contributed by atoms with Crippen molar-refractivity contribution in [1.82, 2.24) is 9.47 Å². The summed E-state index contributed by atoms with van der Waals surface area (Å²) in [7, 11) is 1.89.